The van der Waals surface area contributed by atoms with Crippen molar-refractivity contribution in [1.29, 1.82) is 0 Å². The largest absolute Gasteiger partial charge is 0.386 e. The lowest BCUT2D eigenvalue weighted by Crippen LogP contribution is -2.08. The van der Waals surface area contributed by atoms with Crippen LogP contribution in [0.4, 0.5) is 0 Å². The van der Waals surface area contributed by atoms with Gasteiger partial charge in [-0.3, -0.25) is 4.68 Å². The number of aliphatic hydroxyl groups is 1. The van der Waals surface area contributed by atoms with Crippen LogP contribution in [0.3, 0.4) is 0 Å². The number of fused-ring (bicyclic) bond motifs is 1. The molecular weight excluding hydrogens is 491 g/mol. The lowest BCUT2D eigenvalue weighted by Gasteiger charge is -2.12. The SMILES string of the molecule is Cc1cc(P(C)(C)=O)ccc1-c1nc(-c2cccc3nn(CC(O)c4ccccc4)cc23)c(C2CC2)n1C. The van der Waals surface area contributed by atoms with E-state index in [2.05, 4.69) is 30.7 Å². The van der Waals surface area contributed by atoms with Crippen molar-refractivity contribution < 1.29 is 9.67 Å². The molecule has 2 heterocycles. The molecule has 1 fully saturated rings. The van der Waals surface area contributed by atoms with E-state index in [1.165, 1.54) is 5.69 Å². The average Bonchev–Trinajstić information content (AvgIpc) is 3.55. The van der Waals surface area contributed by atoms with Crippen molar-refractivity contribution in [2.24, 2.45) is 7.05 Å². The molecule has 1 atom stereocenters. The Morgan fingerprint density at radius 1 is 1.03 bits per heavy atom. The third-order valence-corrected chi connectivity index (χ3v) is 9.09. The Hall–Kier alpha value is -3.47. The highest BCUT2D eigenvalue weighted by Gasteiger charge is 2.33. The third kappa shape index (κ3) is 4.53. The molecule has 1 aliphatic rings. The van der Waals surface area contributed by atoms with Gasteiger partial charge in [0.2, 0.25) is 0 Å². The number of hydrogen-bond donors (Lipinski definition) is 1. The van der Waals surface area contributed by atoms with Crippen LogP contribution >= 0.6 is 7.14 Å². The second-order valence-electron chi connectivity index (χ2n) is 10.9. The Morgan fingerprint density at radius 2 is 1.79 bits per heavy atom. The number of hydrogen-bond acceptors (Lipinski definition) is 4. The number of aryl methyl sites for hydroxylation is 1. The first-order valence-corrected chi connectivity index (χ1v) is 15.7. The Labute approximate surface area is 223 Å². The molecule has 194 valence electrons. The van der Waals surface area contributed by atoms with Crippen molar-refractivity contribution in [3.05, 3.63) is 89.7 Å². The Balaban J connectivity index is 1.43. The van der Waals surface area contributed by atoms with Gasteiger partial charge < -0.3 is 14.2 Å². The van der Waals surface area contributed by atoms with Crippen LogP contribution < -0.4 is 5.30 Å². The summed E-state index contributed by atoms with van der Waals surface area (Å²) in [6.45, 7) is 6.07. The summed E-state index contributed by atoms with van der Waals surface area (Å²) in [7, 11) is -0.227. The van der Waals surface area contributed by atoms with Crippen LogP contribution in [0.15, 0.2) is 72.9 Å². The molecule has 38 heavy (non-hydrogen) atoms. The highest BCUT2D eigenvalue weighted by Crippen LogP contribution is 2.47. The highest BCUT2D eigenvalue weighted by atomic mass is 31.2. The fourth-order valence-electron chi connectivity index (χ4n) is 5.36. The van der Waals surface area contributed by atoms with Gasteiger partial charge in [-0.15, -0.1) is 0 Å². The summed E-state index contributed by atoms with van der Waals surface area (Å²) in [5, 5.41) is 17.5. The Bertz CT molecular complexity index is 1690. The first-order chi connectivity index (χ1) is 18.2. The molecule has 0 saturated heterocycles. The summed E-state index contributed by atoms with van der Waals surface area (Å²) in [6, 6.07) is 22.0. The van der Waals surface area contributed by atoms with Gasteiger partial charge in [0.25, 0.3) is 0 Å². The second kappa shape index (κ2) is 9.37. The maximum Gasteiger partial charge on any atom is 0.140 e. The smallest absolute Gasteiger partial charge is 0.140 e. The molecule has 0 spiro atoms. The lowest BCUT2D eigenvalue weighted by atomic mass is 10.0. The van der Waals surface area contributed by atoms with Crippen molar-refractivity contribution in [3.63, 3.8) is 0 Å². The maximum absolute atomic E-state index is 12.7. The van der Waals surface area contributed by atoms with Crippen LogP contribution in [0.2, 0.25) is 0 Å². The fraction of sp³-hybridized carbons (Fsp3) is 0.290. The summed E-state index contributed by atoms with van der Waals surface area (Å²) in [5.41, 5.74) is 7.22. The highest BCUT2D eigenvalue weighted by molar-refractivity contribution is 7.70. The Kier molecular flexibility index (Phi) is 6.13. The minimum atomic E-state index is -2.34. The van der Waals surface area contributed by atoms with Gasteiger partial charge in [-0.2, -0.15) is 5.10 Å². The zero-order chi connectivity index (χ0) is 26.6. The van der Waals surface area contributed by atoms with E-state index in [1.807, 2.05) is 78.8 Å². The minimum absolute atomic E-state index is 0.380. The molecule has 1 aliphatic carbocycles. The predicted octanol–water partition coefficient (Wildman–Crippen LogP) is 6.27. The van der Waals surface area contributed by atoms with Gasteiger partial charge in [-0.1, -0.05) is 54.6 Å². The van der Waals surface area contributed by atoms with Gasteiger partial charge in [0.05, 0.1) is 23.9 Å². The van der Waals surface area contributed by atoms with E-state index >= 15 is 0 Å². The van der Waals surface area contributed by atoms with Crippen molar-refractivity contribution >= 4 is 23.3 Å². The van der Waals surface area contributed by atoms with E-state index in [-0.39, 0.29) is 0 Å². The van der Waals surface area contributed by atoms with Gasteiger partial charge in [-0.25, -0.2) is 4.98 Å². The van der Waals surface area contributed by atoms with Crippen LogP contribution in [-0.4, -0.2) is 37.8 Å². The zero-order valence-electron chi connectivity index (χ0n) is 22.3. The quantitative estimate of drug-likeness (QED) is 0.255. The predicted molar refractivity (Wildman–Crippen MR) is 155 cm³/mol. The maximum atomic E-state index is 12.7. The van der Waals surface area contributed by atoms with E-state index in [1.54, 1.807) is 0 Å². The molecule has 0 amide bonds. The van der Waals surface area contributed by atoms with Crippen LogP contribution in [-0.2, 0) is 18.2 Å². The number of nitrogens with zero attached hydrogens (tertiary/aromatic N) is 4. The molecule has 0 bridgehead atoms. The number of imidazole rings is 1. The van der Waals surface area contributed by atoms with Crippen LogP contribution in [0.25, 0.3) is 33.5 Å². The first-order valence-electron chi connectivity index (χ1n) is 13.1. The van der Waals surface area contributed by atoms with E-state index in [4.69, 9.17) is 10.1 Å². The van der Waals surface area contributed by atoms with Gasteiger partial charge in [0.15, 0.2) is 0 Å². The molecule has 0 radical (unpaired) electrons. The third-order valence-electron chi connectivity index (χ3n) is 7.57. The molecule has 1 unspecified atom stereocenters. The Morgan fingerprint density at radius 3 is 2.47 bits per heavy atom. The van der Waals surface area contributed by atoms with E-state index < -0.39 is 13.2 Å². The van der Waals surface area contributed by atoms with Crippen molar-refractivity contribution in [2.75, 3.05) is 13.3 Å². The molecule has 1 saturated carbocycles. The molecule has 6 nitrogen and oxygen atoms in total. The molecular formula is C31H33N4O2P. The summed E-state index contributed by atoms with van der Waals surface area (Å²) < 4.78 is 16.7. The summed E-state index contributed by atoms with van der Waals surface area (Å²) >= 11 is 0. The number of aliphatic hydroxyl groups excluding tert-OH is 1. The molecule has 2 aromatic heterocycles. The summed E-state index contributed by atoms with van der Waals surface area (Å²) in [4.78, 5) is 5.24. The van der Waals surface area contributed by atoms with Crippen LogP contribution in [0, 0.1) is 6.92 Å². The molecule has 3 aromatic carbocycles. The van der Waals surface area contributed by atoms with E-state index in [0.29, 0.717) is 12.5 Å². The molecule has 7 heteroatoms. The average molecular weight is 525 g/mol. The van der Waals surface area contributed by atoms with Gasteiger partial charge in [-0.05, 0) is 56.4 Å². The topological polar surface area (TPSA) is 72.9 Å². The van der Waals surface area contributed by atoms with Crippen LogP contribution in [0.5, 0.6) is 0 Å². The monoisotopic (exact) mass is 524 g/mol. The van der Waals surface area contributed by atoms with Gasteiger partial charge in [0, 0.05) is 46.7 Å². The van der Waals surface area contributed by atoms with E-state index in [0.717, 1.165) is 62.8 Å². The standard InChI is InChI=1S/C31H33N4O2P/c1-20-17-23(38(3,4)37)15-16-24(20)31-32-29(30(34(31)2)22-13-14-22)25-11-8-12-27-26(25)18-35(33-27)19-28(36)21-9-6-5-7-10-21/h5-12,15-18,22,28,36H,13-14,19H2,1-4H3. The summed E-state index contributed by atoms with van der Waals surface area (Å²) in [5.74, 6) is 1.42. The van der Waals surface area contributed by atoms with Crippen molar-refractivity contribution in [2.45, 2.75) is 38.3 Å². The lowest BCUT2D eigenvalue weighted by molar-refractivity contribution is 0.152. The molecule has 5 aromatic rings. The molecule has 1 N–H and O–H groups in total. The van der Waals surface area contributed by atoms with Gasteiger partial charge in [0.1, 0.15) is 13.0 Å². The number of benzene rings is 3. The minimum Gasteiger partial charge on any atom is -0.386 e. The van der Waals surface area contributed by atoms with Crippen molar-refractivity contribution in [3.8, 4) is 22.6 Å². The number of aromatic nitrogens is 4. The normalized spacial score (nSPS) is 14.8. The van der Waals surface area contributed by atoms with Crippen LogP contribution in [0.1, 0.15) is 41.7 Å². The molecule has 6 rings (SSSR count). The molecule has 0 aliphatic heterocycles. The van der Waals surface area contributed by atoms with E-state index in [9.17, 15) is 9.67 Å². The second-order valence-corrected chi connectivity index (χ2v) is 14.1. The van der Waals surface area contributed by atoms with Gasteiger partial charge >= 0.3 is 0 Å². The number of rotatable bonds is 7. The fourth-order valence-corrected chi connectivity index (χ4v) is 6.30. The first kappa shape index (κ1) is 24.8. The zero-order valence-corrected chi connectivity index (χ0v) is 23.2. The van der Waals surface area contributed by atoms with Crippen molar-refractivity contribution in [1.82, 2.24) is 19.3 Å². The summed E-state index contributed by atoms with van der Waals surface area (Å²) in [6.07, 6.45) is 3.72.